The van der Waals surface area contributed by atoms with Crippen molar-refractivity contribution in [2.24, 2.45) is 0 Å². The molecule has 2 amide bonds. The molecule has 0 radical (unpaired) electrons. The van der Waals surface area contributed by atoms with E-state index in [1.807, 2.05) is 25.1 Å². The van der Waals surface area contributed by atoms with Crippen molar-refractivity contribution in [2.45, 2.75) is 26.3 Å². The van der Waals surface area contributed by atoms with Crippen molar-refractivity contribution in [3.8, 4) is 11.5 Å². The minimum atomic E-state index is -3.26. The second-order valence-corrected chi connectivity index (χ2v) is 9.09. The third-order valence-corrected chi connectivity index (χ3v) is 6.97. The van der Waals surface area contributed by atoms with Crippen LogP contribution in [0.1, 0.15) is 24.5 Å². The average Bonchev–Trinajstić information content (AvgIpc) is 2.72. The van der Waals surface area contributed by atoms with Gasteiger partial charge in [-0.3, -0.25) is 0 Å². The summed E-state index contributed by atoms with van der Waals surface area (Å²) < 4.78 is 36.9. The number of sulfonamides is 1. The van der Waals surface area contributed by atoms with Crippen LogP contribution in [0.2, 0.25) is 0 Å². The maximum Gasteiger partial charge on any atom is 0.323 e. The minimum Gasteiger partial charge on any atom is -0.493 e. The van der Waals surface area contributed by atoms with Crippen molar-refractivity contribution >= 4 is 27.4 Å². The Balaban J connectivity index is 1.73. The molecule has 9 heteroatoms. The highest BCUT2D eigenvalue weighted by atomic mass is 32.2. The summed E-state index contributed by atoms with van der Waals surface area (Å²) in [6, 6.07) is 10.3. The molecule has 1 aliphatic rings. The SMILES string of the molecule is CCCS(=O)(=O)N1CCc2ccc(NC(=O)Nc3cccc(OC)c3OC)cc2C1. The molecule has 8 nitrogen and oxygen atoms in total. The summed E-state index contributed by atoms with van der Waals surface area (Å²) in [5.74, 6) is 1.08. The Morgan fingerprint density at radius 1 is 1.10 bits per heavy atom. The largest absolute Gasteiger partial charge is 0.493 e. The molecule has 0 unspecified atom stereocenters. The Kier molecular flexibility index (Phi) is 6.84. The molecule has 0 saturated carbocycles. The normalized spacial score (nSPS) is 14.0. The fourth-order valence-electron chi connectivity index (χ4n) is 3.50. The van der Waals surface area contributed by atoms with E-state index in [2.05, 4.69) is 10.6 Å². The number of hydrogen-bond donors (Lipinski definition) is 2. The molecule has 0 saturated heterocycles. The molecule has 0 atom stereocenters. The third kappa shape index (κ3) is 4.85. The van der Waals surface area contributed by atoms with Crippen LogP contribution in [0.25, 0.3) is 0 Å². The van der Waals surface area contributed by atoms with Gasteiger partial charge in [-0.15, -0.1) is 0 Å². The fraction of sp³-hybridized carbons (Fsp3) is 0.381. The van der Waals surface area contributed by atoms with E-state index in [-0.39, 0.29) is 5.75 Å². The van der Waals surface area contributed by atoms with Crippen molar-refractivity contribution in [3.05, 3.63) is 47.5 Å². The molecule has 3 rings (SSSR count). The summed E-state index contributed by atoms with van der Waals surface area (Å²) in [5.41, 5.74) is 3.06. The number of amides is 2. The Labute approximate surface area is 177 Å². The first-order valence-electron chi connectivity index (χ1n) is 9.76. The number of carbonyl (C=O) groups excluding carboxylic acids is 1. The molecule has 162 valence electrons. The molecule has 2 aromatic rings. The monoisotopic (exact) mass is 433 g/mol. The standard InChI is InChI=1S/C21H27N3O5S/c1-4-12-30(26,27)24-11-10-15-8-9-17(13-16(15)14-24)22-21(25)23-18-6-5-7-19(28-2)20(18)29-3/h5-9,13H,4,10-12,14H2,1-3H3,(H2,22,23,25). The van der Waals surface area contributed by atoms with Crippen molar-refractivity contribution in [1.29, 1.82) is 0 Å². The summed E-state index contributed by atoms with van der Waals surface area (Å²) in [5, 5.41) is 5.55. The summed E-state index contributed by atoms with van der Waals surface area (Å²) in [6.45, 7) is 2.66. The van der Waals surface area contributed by atoms with Gasteiger partial charge >= 0.3 is 6.03 Å². The van der Waals surface area contributed by atoms with Gasteiger partial charge in [0.25, 0.3) is 0 Å². The highest BCUT2D eigenvalue weighted by Gasteiger charge is 2.26. The van der Waals surface area contributed by atoms with Crippen LogP contribution in [-0.2, 0) is 23.0 Å². The number of ether oxygens (including phenoxy) is 2. The van der Waals surface area contributed by atoms with Crippen LogP contribution < -0.4 is 20.1 Å². The van der Waals surface area contributed by atoms with Crippen molar-refractivity contribution < 1.29 is 22.7 Å². The summed E-state index contributed by atoms with van der Waals surface area (Å²) in [7, 11) is -0.230. The van der Waals surface area contributed by atoms with Gasteiger partial charge < -0.3 is 20.1 Å². The summed E-state index contributed by atoms with van der Waals surface area (Å²) in [6.07, 6.45) is 1.24. The van der Waals surface area contributed by atoms with E-state index in [1.54, 1.807) is 18.2 Å². The van der Waals surface area contributed by atoms with Crippen molar-refractivity contribution in [1.82, 2.24) is 4.31 Å². The first kappa shape index (κ1) is 21.9. The zero-order valence-corrected chi connectivity index (χ0v) is 18.2. The number of methoxy groups -OCH3 is 2. The number of fused-ring (bicyclic) bond motifs is 1. The molecule has 0 bridgehead atoms. The lowest BCUT2D eigenvalue weighted by atomic mass is 10.0. The number of para-hydroxylation sites is 1. The molecule has 0 fully saturated rings. The van der Waals surface area contributed by atoms with E-state index < -0.39 is 16.1 Å². The molecular weight excluding hydrogens is 406 g/mol. The minimum absolute atomic E-state index is 0.144. The lowest BCUT2D eigenvalue weighted by Crippen LogP contribution is -2.37. The first-order chi connectivity index (χ1) is 14.4. The van der Waals surface area contributed by atoms with E-state index in [1.165, 1.54) is 18.5 Å². The Bertz CT molecular complexity index is 1020. The number of nitrogens with one attached hydrogen (secondary N) is 2. The lowest BCUT2D eigenvalue weighted by molar-refractivity contribution is 0.262. The van der Waals surface area contributed by atoms with Crippen LogP contribution in [0.15, 0.2) is 36.4 Å². The maximum absolute atomic E-state index is 12.5. The zero-order chi connectivity index (χ0) is 21.7. The predicted octanol–water partition coefficient (Wildman–Crippen LogP) is 3.45. The van der Waals surface area contributed by atoms with Crippen molar-refractivity contribution in [2.75, 3.05) is 37.2 Å². The Hall–Kier alpha value is -2.78. The van der Waals surface area contributed by atoms with Crippen LogP contribution in [0.3, 0.4) is 0 Å². The summed E-state index contributed by atoms with van der Waals surface area (Å²) >= 11 is 0. The molecule has 1 aliphatic heterocycles. The average molecular weight is 434 g/mol. The van der Waals surface area contributed by atoms with Gasteiger partial charge in [-0.25, -0.2) is 13.2 Å². The maximum atomic E-state index is 12.5. The molecular formula is C21H27N3O5S. The van der Waals surface area contributed by atoms with E-state index in [0.29, 0.717) is 48.8 Å². The molecule has 2 N–H and O–H groups in total. The molecule has 0 spiro atoms. The van der Waals surface area contributed by atoms with Gasteiger partial charge in [0.05, 0.1) is 25.7 Å². The molecule has 2 aromatic carbocycles. The number of nitrogens with zero attached hydrogens (tertiary/aromatic N) is 1. The van der Waals surface area contributed by atoms with Crippen LogP contribution in [0.5, 0.6) is 11.5 Å². The quantitative estimate of drug-likeness (QED) is 0.697. The van der Waals surface area contributed by atoms with Crippen molar-refractivity contribution in [3.63, 3.8) is 0 Å². The van der Waals surface area contributed by atoms with Crippen LogP contribution in [0, 0.1) is 0 Å². The van der Waals surface area contributed by atoms with Crippen LogP contribution in [0.4, 0.5) is 16.2 Å². The Morgan fingerprint density at radius 3 is 2.60 bits per heavy atom. The van der Waals surface area contributed by atoms with Gasteiger partial charge in [0.2, 0.25) is 10.0 Å². The lowest BCUT2D eigenvalue weighted by Gasteiger charge is -2.28. The van der Waals surface area contributed by atoms with E-state index in [4.69, 9.17) is 9.47 Å². The van der Waals surface area contributed by atoms with E-state index >= 15 is 0 Å². The molecule has 0 aromatic heterocycles. The molecule has 0 aliphatic carbocycles. The molecule has 30 heavy (non-hydrogen) atoms. The highest BCUT2D eigenvalue weighted by molar-refractivity contribution is 7.89. The molecule has 1 heterocycles. The number of rotatable bonds is 7. The third-order valence-electron chi connectivity index (χ3n) is 4.95. The second-order valence-electron chi connectivity index (χ2n) is 7.00. The first-order valence-corrected chi connectivity index (χ1v) is 11.4. The van der Waals surface area contributed by atoms with Crippen LogP contribution >= 0.6 is 0 Å². The van der Waals surface area contributed by atoms with Gasteiger partial charge in [0.15, 0.2) is 11.5 Å². The van der Waals surface area contributed by atoms with Crippen LogP contribution in [-0.4, -0.2) is 45.3 Å². The van der Waals surface area contributed by atoms with Gasteiger partial charge in [0, 0.05) is 18.8 Å². The zero-order valence-electron chi connectivity index (χ0n) is 17.4. The number of hydrogen-bond acceptors (Lipinski definition) is 5. The highest BCUT2D eigenvalue weighted by Crippen LogP contribution is 2.34. The fourth-order valence-corrected chi connectivity index (χ4v) is 4.98. The van der Waals surface area contributed by atoms with Gasteiger partial charge in [-0.2, -0.15) is 4.31 Å². The number of anilines is 2. The van der Waals surface area contributed by atoms with Gasteiger partial charge in [-0.05, 0) is 48.2 Å². The van der Waals surface area contributed by atoms with E-state index in [9.17, 15) is 13.2 Å². The number of carbonyl (C=O) groups is 1. The summed E-state index contributed by atoms with van der Waals surface area (Å²) in [4.78, 5) is 12.5. The van der Waals surface area contributed by atoms with Gasteiger partial charge in [0.1, 0.15) is 0 Å². The van der Waals surface area contributed by atoms with Gasteiger partial charge in [-0.1, -0.05) is 19.1 Å². The topological polar surface area (TPSA) is 97.0 Å². The van der Waals surface area contributed by atoms with E-state index in [0.717, 1.165) is 11.1 Å². The second kappa shape index (κ2) is 9.36. The smallest absolute Gasteiger partial charge is 0.323 e. The number of urea groups is 1. The predicted molar refractivity (Wildman–Crippen MR) is 117 cm³/mol. The number of benzene rings is 2. The Morgan fingerprint density at radius 2 is 1.90 bits per heavy atom.